The van der Waals surface area contributed by atoms with Crippen LogP contribution in [0.2, 0.25) is 10.0 Å². The number of aromatic nitrogens is 2. The predicted molar refractivity (Wildman–Crippen MR) is 87.3 cm³/mol. The van der Waals surface area contributed by atoms with Crippen molar-refractivity contribution in [1.29, 1.82) is 0 Å². The van der Waals surface area contributed by atoms with Gasteiger partial charge in [0.25, 0.3) is 11.1 Å². The van der Waals surface area contributed by atoms with Crippen LogP contribution in [-0.2, 0) is 0 Å². The Labute approximate surface area is 135 Å². The monoisotopic (exact) mass is 382 g/mol. The number of hydrogen-bond donors (Lipinski definition) is 0. The van der Waals surface area contributed by atoms with Gasteiger partial charge >= 0.3 is 0 Å². The Morgan fingerprint density at radius 1 is 0.905 bits per heavy atom. The van der Waals surface area contributed by atoms with Crippen LogP contribution in [0.4, 0.5) is 0 Å². The topological polar surface area (TPSA) is 43.0 Å². The average molecular weight is 384 g/mol. The molecule has 0 aliphatic rings. The summed E-state index contributed by atoms with van der Waals surface area (Å²) in [5, 5.41) is 1.68. The molecule has 0 bridgehead atoms. The largest absolute Gasteiger partial charge is 0.282 e. The molecule has 2 aromatic heterocycles. The van der Waals surface area contributed by atoms with Gasteiger partial charge in [0.1, 0.15) is 0 Å². The van der Waals surface area contributed by atoms with Crippen molar-refractivity contribution in [1.82, 2.24) is 9.03 Å². The quantitative estimate of drug-likeness (QED) is 0.465. The van der Waals surface area contributed by atoms with Crippen LogP contribution in [0.15, 0.2) is 44.4 Å². The molecule has 4 aromatic rings. The Hall–Kier alpha value is -1.56. The molecular formula is C14H5BrCl2N2O2. The van der Waals surface area contributed by atoms with Crippen molar-refractivity contribution in [3.8, 4) is 0 Å². The Morgan fingerprint density at radius 2 is 1.62 bits per heavy atom. The van der Waals surface area contributed by atoms with Crippen LogP contribution in [-0.4, -0.2) is 9.03 Å². The molecule has 4 rings (SSSR count). The Kier molecular flexibility index (Phi) is 2.64. The van der Waals surface area contributed by atoms with Gasteiger partial charge in [0.15, 0.2) is 0 Å². The highest BCUT2D eigenvalue weighted by atomic mass is 79.9. The number of fused-ring (bicyclic) bond motifs is 5. The number of rotatable bonds is 0. The van der Waals surface area contributed by atoms with Gasteiger partial charge in [0.2, 0.25) is 0 Å². The van der Waals surface area contributed by atoms with E-state index in [9.17, 15) is 9.59 Å². The molecule has 0 saturated carbocycles. The third-order valence-corrected chi connectivity index (χ3v) is 4.45. The molecule has 4 nitrogen and oxygen atoms in total. The third-order valence-electron chi connectivity index (χ3n) is 3.47. The van der Waals surface area contributed by atoms with Crippen molar-refractivity contribution in [2.24, 2.45) is 0 Å². The summed E-state index contributed by atoms with van der Waals surface area (Å²) in [7, 11) is 0. The number of benzene rings is 2. The maximum atomic E-state index is 12.5. The number of nitrogens with zero attached hydrogens (tertiary/aromatic N) is 2. The molecule has 0 aliphatic heterocycles. The van der Waals surface area contributed by atoms with E-state index in [0.717, 1.165) is 4.52 Å². The molecule has 7 heteroatoms. The lowest BCUT2D eigenvalue weighted by Crippen LogP contribution is -2.21. The molecule has 0 atom stereocenters. The minimum atomic E-state index is -0.398. The van der Waals surface area contributed by atoms with Crippen LogP contribution in [0, 0.1) is 0 Å². The summed E-state index contributed by atoms with van der Waals surface area (Å²) in [6, 6.07) is 8.22. The lowest BCUT2D eigenvalue weighted by Gasteiger charge is -1.99. The standard InChI is InChI=1S/C14H5BrCl2N2O2/c15-6-3-9-12(10(17)4-6)18-11-5-7(16)1-2-8(11)13(20)19(18)14(9)21/h1-5H. The third kappa shape index (κ3) is 1.62. The molecule has 0 N–H and O–H groups in total. The first kappa shape index (κ1) is 13.1. The summed E-state index contributed by atoms with van der Waals surface area (Å²) in [6.07, 6.45) is 0. The predicted octanol–water partition coefficient (Wildman–Crippen LogP) is 3.57. The summed E-state index contributed by atoms with van der Waals surface area (Å²) in [5.41, 5.74) is 0.281. The summed E-state index contributed by atoms with van der Waals surface area (Å²) in [5.74, 6) is 0. The lowest BCUT2D eigenvalue weighted by molar-refractivity contribution is 0.841. The molecule has 0 amide bonds. The van der Waals surface area contributed by atoms with Gasteiger partial charge in [0, 0.05) is 9.50 Å². The highest BCUT2D eigenvalue weighted by Gasteiger charge is 2.19. The van der Waals surface area contributed by atoms with Crippen LogP contribution in [0.5, 0.6) is 0 Å². The second kappa shape index (κ2) is 4.22. The number of halogens is 3. The second-order valence-corrected chi connectivity index (χ2v) is 6.44. The van der Waals surface area contributed by atoms with Gasteiger partial charge in [-0.15, -0.1) is 0 Å². The van der Waals surface area contributed by atoms with Crippen LogP contribution in [0.3, 0.4) is 0 Å². The van der Waals surface area contributed by atoms with E-state index in [2.05, 4.69) is 15.9 Å². The minimum absolute atomic E-state index is 0.380. The Balaban J connectivity index is 2.47. The summed E-state index contributed by atoms with van der Waals surface area (Å²) >= 11 is 15.6. The van der Waals surface area contributed by atoms with E-state index in [1.54, 1.807) is 30.3 Å². The zero-order valence-corrected chi connectivity index (χ0v) is 13.3. The molecule has 2 heterocycles. The van der Waals surface area contributed by atoms with Crippen molar-refractivity contribution in [2.75, 3.05) is 0 Å². The fourth-order valence-electron chi connectivity index (χ4n) is 2.64. The lowest BCUT2D eigenvalue weighted by atomic mass is 10.2. The SMILES string of the molecule is O=c1c2ccc(Cl)cc2n2c3c(Cl)cc(Br)cc3c(=O)n12. The molecule has 2 aromatic carbocycles. The van der Waals surface area contributed by atoms with Crippen molar-refractivity contribution in [3.63, 3.8) is 0 Å². The second-order valence-electron chi connectivity index (χ2n) is 4.68. The zero-order valence-electron chi connectivity index (χ0n) is 10.2. The van der Waals surface area contributed by atoms with Gasteiger partial charge in [-0.1, -0.05) is 39.1 Å². The summed E-state index contributed by atoms with van der Waals surface area (Å²) < 4.78 is 3.29. The van der Waals surface area contributed by atoms with Crippen molar-refractivity contribution >= 4 is 60.9 Å². The van der Waals surface area contributed by atoms with Gasteiger partial charge in [0.05, 0.1) is 26.8 Å². The van der Waals surface area contributed by atoms with E-state index in [4.69, 9.17) is 23.2 Å². The van der Waals surface area contributed by atoms with Crippen LogP contribution >= 0.6 is 39.1 Å². The van der Waals surface area contributed by atoms with Crippen LogP contribution in [0.25, 0.3) is 21.8 Å². The maximum absolute atomic E-state index is 12.5. The molecule has 104 valence electrons. The van der Waals surface area contributed by atoms with E-state index in [0.29, 0.717) is 36.3 Å². The zero-order chi connectivity index (χ0) is 14.9. The Bertz CT molecular complexity index is 1160. The first-order chi connectivity index (χ1) is 9.99. The van der Waals surface area contributed by atoms with Gasteiger partial charge in [-0.25, -0.2) is 4.52 Å². The van der Waals surface area contributed by atoms with Crippen molar-refractivity contribution in [2.45, 2.75) is 0 Å². The van der Waals surface area contributed by atoms with Gasteiger partial charge in [-0.05, 0) is 30.3 Å². The smallest absolute Gasteiger partial charge is 0.267 e. The summed E-state index contributed by atoms with van der Waals surface area (Å²) in [6.45, 7) is 0. The normalized spacial score (nSPS) is 12.0. The van der Waals surface area contributed by atoms with E-state index in [1.165, 1.54) is 4.52 Å². The fourth-order valence-corrected chi connectivity index (χ4v) is 3.69. The summed E-state index contributed by atoms with van der Waals surface area (Å²) in [4.78, 5) is 24.9. The minimum Gasteiger partial charge on any atom is -0.267 e. The Morgan fingerprint density at radius 3 is 2.38 bits per heavy atom. The molecule has 0 aliphatic carbocycles. The molecule has 0 spiro atoms. The highest BCUT2D eigenvalue weighted by molar-refractivity contribution is 9.10. The molecule has 0 saturated heterocycles. The first-order valence-corrected chi connectivity index (χ1v) is 7.51. The van der Waals surface area contributed by atoms with Gasteiger partial charge in [-0.2, -0.15) is 4.52 Å². The van der Waals surface area contributed by atoms with E-state index >= 15 is 0 Å². The van der Waals surface area contributed by atoms with Crippen LogP contribution in [0.1, 0.15) is 0 Å². The van der Waals surface area contributed by atoms with Gasteiger partial charge < -0.3 is 0 Å². The first-order valence-electron chi connectivity index (χ1n) is 5.96. The van der Waals surface area contributed by atoms with Gasteiger partial charge in [-0.3, -0.25) is 9.59 Å². The van der Waals surface area contributed by atoms with Crippen molar-refractivity contribution < 1.29 is 0 Å². The average Bonchev–Trinajstić information content (AvgIpc) is 2.86. The molecule has 0 fully saturated rings. The fraction of sp³-hybridized carbons (Fsp3) is 0. The molecule has 0 radical (unpaired) electrons. The van der Waals surface area contributed by atoms with E-state index in [-0.39, 0.29) is 5.56 Å². The molecule has 0 unspecified atom stereocenters. The van der Waals surface area contributed by atoms with Crippen molar-refractivity contribution in [3.05, 3.63) is 65.6 Å². The maximum Gasteiger partial charge on any atom is 0.282 e. The number of hydrogen-bond acceptors (Lipinski definition) is 2. The van der Waals surface area contributed by atoms with E-state index < -0.39 is 5.56 Å². The highest BCUT2D eigenvalue weighted by Crippen LogP contribution is 2.28. The molecule has 21 heavy (non-hydrogen) atoms. The molecular weight excluding hydrogens is 379 g/mol. The van der Waals surface area contributed by atoms with Crippen LogP contribution < -0.4 is 11.1 Å². The van der Waals surface area contributed by atoms with E-state index in [1.807, 2.05) is 0 Å².